The molecule has 0 aliphatic heterocycles. The van der Waals surface area contributed by atoms with Crippen molar-refractivity contribution in [2.24, 2.45) is 5.92 Å². The van der Waals surface area contributed by atoms with Crippen molar-refractivity contribution >= 4 is 5.69 Å². The number of hydrogen-bond donors (Lipinski definition) is 0. The van der Waals surface area contributed by atoms with Crippen LogP contribution in [0.2, 0.25) is 0 Å². The molecule has 0 radical (unpaired) electrons. The van der Waals surface area contributed by atoms with E-state index in [-0.39, 0.29) is 11.3 Å². The molecule has 2 rings (SSSR count). The molecule has 1 aliphatic carbocycles. The Morgan fingerprint density at radius 1 is 1.53 bits per heavy atom. The van der Waals surface area contributed by atoms with E-state index in [9.17, 15) is 14.5 Å². The Kier molecular flexibility index (Phi) is 3.38. The van der Waals surface area contributed by atoms with Crippen LogP contribution in [0.15, 0.2) is 18.2 Å². The topological polar surface area (TPSA) is 46.4 Å². The zero-order valence-electron chi connectivity index (χ0n) is 9.73. The van der Waals surface area contributed by atoms with Crippen molar-refractivity contribution in [3.8, 4) is 0 Å². The zero-order valence-corrected chi connectivity index (χ0v) is 9.73. The summed E-state index contributed by atoms with van der Waals surface area (Å²) in [5.41, 5.74) is 0.0493. The Morgan fingerprint density at radius 3 is 2.82 bits per heavy atom. The molecule has 0 saturated heterocycles. The van der Waals surface area contributed by atoms with Crippen LogP contribution in [0.1, 0.15) is 18.4 Å². The van der Waals surface area contributed by atoms with Gasteiger partial charge in [0.2, 0.25) is 0 Å². The molecule has 0 aromatic heterocycles. The zero-order chi connectivity index (χ0) is 12.4. The third-order valence-electron chi connectivity index (χ3n) is 2.99. The van der Waals surface area contributed by atoms with E-state index in [2.05, 4.69) is 0 Å². The molecule has 0 spiro atoms. The van der Waals surface area contributed by atoms with Crippen molar-refractivity contribution in [2.75, 3.05) is 13.6 Å². The summed E-state index contributed by atoms with van der Waals surface area (Å²) in [6.45, 7) is 1.17. The third-order valence-corrected chi connectivity index (χ3v) is 2.99. The van der Waals surface area contributed by atoms with Crippen molar-refractivity contribution < 1.29 is 9.31 Å². The largest absolute Gasteiger partial charge is 0.301 e. The van der Waals surface area contributed by atoms with Gasteiger partial charge in [-0.05, 0) is 31.9 Å². The molecule has 92 valence electrons. The molecule has 0 bridgehead atoms. The minimum Gasteiger partial charge on any atom is -0.301 e. The van der Waals surface area contributed by atoms with Gasteiger partial charge >= 0.3 is 0 Å². The monoisotopic (exact) mass is 238 g/mol. The van der Waals surface area contributed by atoms with E-state index in [1.165, 1.54) is 31.0 Å². The summed E-state index contributed by atoms with van der Waals surface area (Å²) in [6, 6.07) is 3.99. The molecule has 1 aromatic carbocycles. The Morgan fingerprint density at radius 2 is 2.24 bits per heavy atom. The predicted molar refractivity (Wildman–Crippen MR) is 62.1 cm³/mol. The van der Waals surface area contributed by atoms with E-state index < -0.39 is 10.7 Å². The van der Waals surface area contributed by atoms with Crippen LogP contribution in [0, 0.1) is 21.8 Å². The fraction of sp³-hybridized carbons (Fsp3) is 0.500. The van der Waals surface area contributed by atoms with E-state index in [1.54, 1.807) is 0 Å². The normalized spacial score (nSPS) is 15.2. The number of benzene rings is 1. The van der Waals surface area contributed by atoms with Crippen molar-refractivity contribution in [2.45, 2.75) is 19.4 Å². The van der Waals surface area contributed by atoms with Crippen LogP contribution in [-0.4, -0.2) is 23.4 Å². The van der Waals surface area contributed by atoms with E-state index in [1.807, 2.05) is 11.9 Å². The standard InChI is InChI=1S/C12H15FN2O2/c1-14(7-9-5-6-9)8-10-11(13)3-2-4-12(10)15(16)17/h2-4,9H,5-8H2,1H3. The van der Waals surface area contributed by atoms with Gasteiger partial charge in [0.1, 0.15) is 5.82 Å². The van der Waals surface area contributed by atoms with Crippen molar-refractivity contribution in [1.29, 1.82) is 0 Å². The Balaban J connectivity index is 2.14. The quantitative estimate of drug-likeness (QED) is 0.585. The molecule has 1 aromatic rings. The van der Waals surface area contributed by atoms with Gasteiger partial charge in [0.15, 0.2) is 0 Å². The van der Waals surface area contributed by atoms with Crippen LogP contribution in [0.25, 0.3) is 0 Å². The minimum atomic E-state index is -0.524. The van der Waals surface area contributed by atoms with Crippen LogP contribution < -0.4 is 0 Å². The van der Waals surface area contributed by atoms with Crippen LogP contribution in [0.3, 0.4) is 0 Å². The highest BCUT2D eigenvalue weighted by Gasteiger charge is 2.25. The molecule has 0 amide bonds. The summed E-state index contributed by atoms with van der Waals surface area (Å²) in [6.07, 6.45) is 2.42. The van der Waals surface area contributed by atoms with Gasteiger partial charge in [-0.25, -0.2) is 4.39 Å². The van der Waals surface area contributed by atoms with Gasteiger partial charge < -0.3 is 4.90 Å². The van der Waals surface area contributed by atoms with Gasteiger partial charge in [-0.15, -0.1) is 0 Å². The summed E-state index contributed by atoms with van der Waals surface area (Å²) >= 11 is 0. The van der Waals surface area contributed by atoms with E-state index in [4.69, 9.17) is 0 Å². The Bertz CT molecular complexity index is 433. The van der Waals surface area contributed by atoms with Crippen LogP contribution >= 0.6 is 0 Å². The smallest absolute Gasteiger partial charge is 0.276 e. The Labute approximate surface area is 99.2 Å². The van der Waals surface area contributed by atoms with Crippen LogP contribution in [0.4, 0.5) is 10.1 Å². The minimum absolute atomic E-state index is 0.132. The lowest BCUT2D eigenvalue weighted by Crippen LogP contribution is -2.21. The summed E-state index contributed by atoms with van der Waals surface area (Å²) in [7, 11) is 1.87. The lowest BCUT2D eigenvalue weighted by Gasteiger charge is -2.16. The number of nitro groups is 1. The molecule has 0 heterocycles. The SMILES string of the molecule is CN(Cc1c(F)cccc1[N+](=O)[O-])CC1CC1. The molecule has 1 saturated carbocycles. The highest BCUT2D eigenvalue weighted by molar-refractivity contribution is 5.40. The van der Waals surface area contributed by atoms with Gasteiger partial charge in [-0.3, -0.25) is 10.1 Å². The molecule has 17 heavy (non-hydrogen) atoms. The lowest BCUT2D eigenvalue weighted by molar-refractivity contribution is -0.385. The third kappa shape index (κ3) is 3.00. The molecular weight excluding hydrogens is 223 g/mol. The maximum atomic E-state index is 13.6. The molecule has 0 N–H and O–H groups in total. The molecule has 5 heteroatoms. The second-order valence-corrected chi connectivity index (χ2v) is 4.63. The molecular formula is C12H15FN2O2. The van der Waals surface area contributed by atoms with Crippen molar-refractivity contribution in [1.82, 2.24) is 4.90 Å². The van der Waals surface area contributed by atoms with Crippen LogP contribution in [-0.2, 0) is 6.54 Å². The highest BCUT2D eigenvalue weighted by atomic mass is 19.1. The van der Waals surface area contributed by atoms with Gasteiger partial charge in [-0.1, -0.05) is 6.07 Å². The van der Waals surface area contributed by atoms with Crippen molar-refractivity contribution in [3.05, 3.63) is 39.7 Å². The molecule has 0 unspecified atom stereocenters. The number of hydrogen-bond acceptors (Lipinski definition) is 3. The highest BCUT2D eigenvalue weighted by Crippen LogP contribution is 2.30. The summed E-state index contributed by atoms with van der Waals surface area (Å²) in [5.74, 6) is 0.188. The molecule has 1 aliphatic rings. The summed E-state index contributed by atoms with van der Waals surface area (Å²) < 4.78 is 13.6. The first kappa shape index (κ1) is 12.0. The van der Waals surface area contributed by atoms with Gasteiger partial charge in [-0.2, -0.15) is 0 Å². The average Bonchev–Trinajstić information content (AvgIpc) is 3.04. The maximum Gasteiger partial charge on any atom is 0.276 e. The van der Waals surface area contributed by atoms with E-state index >= 15 is 0 Å². The first-order valence-corrected chi connectivity index (χ1v) is 5.68. The first-order valence-electron chi connectivity index (χ1n) is 5.68. The number of nitro benzene ring substituents is 1. The Hall–Kier alpha value is -1.49. The second-order valence-electron chi connectivity index (χ2n) is 4.63. The average molecular weight is 238 g/mol. The predicted octanol–water partition coefficient (Wildman–Crippen LogP) is 2.58. The number of rotatable bonds is 5. The van der Waals surface area contributed by atoms with Gasteiger partial charge in [0.25, 0.3) is 5.69 Å². The van der Waals surface area contributed by atoms with Gasteiger partial charge in [0.05, 0.1) is 10.5 Å². The summed E-state index contributed by atoms with van der Waals surface area (Å²) in [4.78, 5) is 12.2. The summed E-state index contributed by atoms with van der Waals surface area (Å²) in [5, 5.41) is 10.8. The fourth-order valence-electron chi connectivity index (χ4n) is 1.95. The molecule has 1 fully saturated rings. The van der Waals surface area contributed by atoms with Crippen LogP contribution in [0.5, 0.6) is 0 Å². The fourth-order valence-corrected chi connectivity index (χ4v) is 1.95. The van der Waals surface area contributed by atoms with Gasteiger partial charge in [0, 0.05) is 19.2 Å². The van der Waals surface area contributed by atoms with Crippen molar-refractivity contribution in [3.63, 3.8) is 0 Å². The van der Waals surface area contributed by atoms with E-state index in [0.717, 1.165) is 6.54 Å². The molecule has 0 atom stereocenters. The maximum absolute atomic E-state index is 13.6. The number of halogens is 1. The van der Waals surface area contributed by atoms with E-state index in [0.29, 0.717) is 12.5 Å². The molecule has 4 nitrogen and oxygen atoms in total. The second kappa shape index (κ2) is 4.79. The lowest BCUT2D eigenvalue weighted by atomic mass is 10.1. The first-order chi connectivity index (χ1) is 8.08. The number of nitrogens with zero attached hydrogens (tertiary/aromatic N) is 2.